The van der Waals surface area contributed by atoms with Gasteiger partial charge in [0.05, 0.1) is 0 Å². The van der Waals surface area contributed by atoms with E-state index in [-0.39, 0.29) is 12.5 Å². The second kappa shape index (κ2) is 7.69. The van der Waals surface area contributed by atoms with E-state index in [0.29, 0.717) is 23.4 Å². The standard InChI is InChI=1S/C19H21ClN2O2/c1-13-2-5-17(6-3-13)22-19(23)12-24-18-9-4-15(20)10-14(18)11-21-16-7-8-16/h2-6,9-10,16,21H,7-8,11-12H2,1H3,(H,22,23). The molecule has 3 rings (SSSR count). The fourth-order valence-electron chi connectivity index (χ4n) is 2.35. The number of ether oxygens (including phenoxy) is 1. The molecular formula is C19H21ClN2O2. The molecule has 0 heterocycles. The van der Waals surface area contributed by atoms with Gasteiger partial charge in [0.25, 0.3) is 5.91 Å². The molecule has 0 aromatic heterocycles. The first-order chi connectivity index (χ1) is 11.6. The molecule has 1 aliphatic carbocycles. The molecule has 126 valence electrons. The number of nitrogens with one attached hydrogen (secondary N) is 2. The first-order valence-electron chi connectivity index (χ1n) is 8.11. The van der Waals surface area contributed by atoms with Crippen LogP contribution in [-0.4, -0.2) is 18.6 Å². The van der Waals surface area contributed by atoms with E-state index in [4.69, 9.17) is 16.3 Å². The van der Waals surface area contributed by atoms with Gasteiger partial charge in [0.15, 0.2) is 6.61 Å². The highest BCUT2D eigenvalue weighted by Crippen LogP contribution is 2.25. The van der Waals surface area contributed by atoms with Gasteiger partial charge in [0.2, 0.25) is 0 Å². The molecule has 0 atom stereocenters. The zero-order valence-corrected chi connectivity index (χ0v) is 14.4. The van der Waals surface area contributed by atoms with Crippen LogP contribution in [0.2, 0.25) is 5.02 Å². The number of amides is 1. The number of aryl methyl sites for hydroxylation is 1. The summed E-state index contributed by atoms with van der Waals surface area (Å²) in [5.41, 5.74) is 2.89. The number of carbonyl (C=O) groups is 1. The van der Waals surface area contributed by atoms with Crippen LogP contribution in [0.25, 0.3) is 0 Å². The molecule has 4 nitrogen and oxygen atoms in total. The first-order valence-corrected chi connectivity index (χ1v) is 8.49. The third kappa shape index (κ3) is 4.98. The largest absolute Gasteiger partial charge is 0.483 e. The molecule has 5 heteroatoms. The summed E-state index contributed by atoms with van der Waals surface area (Å²) in [5, 5.41) is 6.92. The van der Waals surface area contributed by atoms with Crippen LogP contribution in [0.1, 0.15) is 24.0 Å². The topological polar surface area (TPSA) is 50.4 Å². The Labute approximate surface area is 147 Å². The molecular weight excluding hydrogens is 324 g/mol. The van der Waals surface area contributed by atoms with E-state index in [1.165, 1.54) is 12.8 Å². The molecule has 1 saturated carbocycles. The minimum Gasteiger partial charge on any atom is -0.483 e. The van der Waals surface area contributed by atoms with Crippen molar-refractivity contribution >= 4 is 23.2 Å². The molecule has 0 saturated heterocycles. The van der Waals surface area contributed by atoms with E-state index < -0.39 is 0 Å². The summed E-state index contributed by atoms with van der Waals surface area (Å²) < 4.78 is 5.69. The molecule has 1 aliphatic rings. The monoisotopic (exact) mass is 344 g/mol. The molecule has 0 spiro atoms. The summed E-state index contributed by atoms with van der Waals surface area (Å²) in [6.45, 7) is 2.67. The number of anilines is 1. The summed E-state index contributed by atoms with van der Waals surface area (Å²) in [4.78, 5) is 12.0. The van der Waals surface area contributed by atoms with Crippen LogP contribution in [-0.2, 0) is 11.3 Å². The molecule has 1 fully saturated rings. The molecule has 0 unspecified atom stereocenters. The Kier molecular flexibility index (Phi) is 5.38. The summed E-state index contributed by atoms with van der Waals surface area (Å²) in [6, 6.07) is 13.7. The van der Waals surface area contributed by atoms with Crippen LogP contribution < -0.4 is 15.4 Å². The normalized spacial score (nSPS) is 13.6. The molecule has 0 bridgehead atoms. The number of carbonyl (C=O) groups excluding carboxylic acids is 1. The van der Waals surface area contributed by atoms with Gasteiger partial charge in [0.1, 0.15) is 5.75 Å². The van der Waals surface area contributed by atoms with Crippen LogP contribution >= 0.6 is 11.6 Å². The predicted octanol–water partition coefficient (Wildman–Crippen LogP) is 3.92. The molecule has 24 heavy (non-hydrogen) atoms. The third-order valence-electron chi connectivity index (χ3n) is 3.88. The van der Waals surface area contributed by atoms with Crippen LogP contribution in [0.5, 0.6) is 5.75 Å². The smallest absolute Gasteiger partial charge is 0.262 e. The van der Waals surface area contributed by atoms with Gasteiger partial charge >= 0.3 is 0 Å². The molecule has 0 radical (unpaired) electrons. The second-order valence-electron chi connectivity index (χ2n) is 6.11. The fraction of sp³-hybridized carbons (Fsp3) is 0.316. The summed E-state index contributed by atoms with van der Waals surface area (Å²) in [7, 11) is 0. The Morgan fingerprint density at radius 1 is 1.21 bits per heavy atom. The lowest BCUT2D eigenvalue weighted by Crippen LogP contribution is -2.21. The van der Waals surface area contributed by atoms with E-state index in [0.717, 1.165) is 16.8 Å². The van der Waals surface area contributed by atoms with Gasteiger partial charge in [-0.25, -0.2) is 0 Å². The van der Waals surface area contributed by atoms with Gasteiger partial charge in [0, 0.05) is 28.9 Å². The maximum Gasteiger partial charge on any atom is 0.262 e. The van der Waals surface area contributed by atoms with Crippen molar-refractivity contribution in [3.05, 3.63) is 58.6 Å². The summed E-state index contributed by atoms with van der Waals surface area (Å²) in [5.74, 6) is 0.501. The van der Waals surface area contributed by atoms with Crippen molar-refractivity contribution in [3.63, 3.8) is 0 Å². The molecule has 1 amide bonds. The van der Waals surface area contributed by atoms with Gasteiger partial charge < -0.3 is 15.4 Å². The number of rotatable bonds is 7. The highest BCUT2D eigenvalue weighted by Gasteiger charge is 2.20. The van der Waals surface area contributed by atoms with Crippen LogP contribution in [0.4, 0.5) is 5.69 Å². The van der Waals surface area contributed by atoms with Crippen molar-refractivity contribution in [2.24, 2.45) is 0 Å². The average Bonchev–Trinajstić information content (AvgIpc) is 3.38. The summed E-state index contributed by atoms with van der Waals surface area (Å²) in [6.07, 6.45) is 2.44. The zero-order chi connectivity index (χ0) is 16.9. The number of hydrogen-bond acceptors (Lipinski definition) is 3. The van der Waals surface area contributed by atoms with E-state index in [2.05, 4.69) is 10.6 Å². The lowest BCUT2D eigenvalue weighted by molar-refractivity contribution is -0.118. The summed E-state index contributed by atoms with van der Waals surface area (Å²) >= 11 is 6.07. The Hall–Kier alpha value is -2.04. The molecule has 2 aromatic rings. The van der Waals surface area contributed by atoms with Gasteiger partial charge in [-0.15, -0.1) is 0 Å². The van der Waals surface area contributed by atoms with Crippen LogP contribution in [0.3, 0.4) is 0 Å². The van der Waals surface area contributed by atoms with Crippen molar-refractivity contribution in [3.8, 4) is 5.75 Å². The van der Waals surface area contributed by atoms with Gasteiger partial charge in [-0.2, -0.15) is 0 Å². The van der Waals surface area contributed by atoms with Crippen LogP contribution in [0.15, 0.2) is 42.5 Å². The minimum absolute atomic E-state index is 0.0358. The first kappa shape index (κ1) is 16.8. The second-order valence-corrected chi connectivity index (χ2v) is 6.55. The molecule has 2 aromatic carbocycles. The Morgan fingerprint density at radius 3 is 2.67 bits per heavy atom. The highest BCUT2D eigenvalue weighted by molar-refractivity contribution is 6.30. The lowest BCUT2D eigenvalue weighted by Gasteiger charge is -2.13. The van der Waals surface area contributed by atoms with Crippen molar-refractivity contribution in [2.45, 2.75) is 32.4 Å². The zero-order valence-electron chi connectivity index (χ0n) is 13.6. The quantitative estimate of drug-likeness (QED) is 0.800. The van der Waals surface area contributed by atoms with Crippen LogP contribution in [0, 0.1) is 6.92 Å². The Morgan fingerprint density at radius 2 is 1.96 bits per heavy atom. The van der Waals surface area contributed by atoms with E-state index >= 15 is 0 Å². The molecule has 0 aliphatic heterocycles. The van der Waals surface area contributed by atoms with Crippen molar-refractivity contribution in [1.29, 1.82) is 0 Å². The lowest BCUT2D eigenvalue weighted by atomic mass is 10.2. The fourth-order valence-corrected chi connectivity index (χ4v) is 2.54. The van der Waals surface area contributed by atoms with Crippen molar-refractivity contribution in [1.82, 2.24) is 5.32 Å². The predicted molar refractivity (Wildman–Crippen MR) is 96.6 cm³/mol. The van der Waals surface area contributed by atoms with Gasteiger partial charge in [-0.05, 0) is 50.1 Å². The average molecular weight is 345 g/mol. The Bertz CT molecular complexity index is 712. The number of halogens is 1. The molecule has 2 N–H and O–H groups in total. The number of benzene rings is 2. The van der Waals surface area contributed by atoms with Gasteiger partial charge in [-0.3, -0.25) is 4.79 Å². The van der Waals surface area contributed by atoms with Crippen molar-refractivity contribution < 1.29 is 9.53 Å². The van der Waals surface area contributed by atoms with E-state index in [1.807, 2.05) is 43.3 Å². The van der Waals surface area contributed by atoms with E-state index in [1.54, 1.807) is 6.07 Å². The van der Waals surface area contributed by atoms with E-state index in [9.17, 15) is 4.79 Å². The van der Waals surface area contributed by atoms with Gasteiger partial charge in [-0.1, -0.05) is 29.3 Å². The number of hydrogen-bond donors (Lipinski definition) is 2. The Balaban J connectivity index is 1.56. The third-order valence-corrected chi connectivity index (χ3v) is 4.11. The SMILES string of the molecule is Cc1ccc(NC(=O)COc2ccc(Cl)cc2CNC2CC2)cc1. The maximum atomic E-state index is 12.0. The highest BCUT2D eigenvalue weighted by atomic mass is 35.5. The minimum atomic E-state index is -0.185. The van der Waals surface area contributed by atoms with Crippen molar-refractivity contribution in [2.75, 3.05) is 11.9 Å². The maximum absolute atomic E-state index is 12.0.